The number of halogens is 2. The number of benzene rings is 2. The Hall–Kier alpha value is -1.68. The molecule has 3 aromatic rings. The van der Waals surface area contributed by atoms with Gasteiger partial charge in [0.05, 0.1) is 17.1 Å². The van der Waals surface area contributed by atoms with Crippen LogP contribution in [0.3, 0.4) is 0 Å². The molecule has 1 aromatic heterocycles. The van der Waals surface area contributed by atoms with Gasteiger partial charge in [0.15, 0.2) is 0 Å². The molecule has 0 atom stereocenters. The van der Waals surface area contributed by atoms with Crippen LogP contribution in [0.2, 0.25) is 10.0 Å². The van der Waals surface area contributed by atoms with E-state index in [2.05, 4.69) is 16.0 Å². The van der Waals surface area contributed by atoms with Crippen molar-refractivity contribution in [2.45, 2.75) is 25.9 Å². The summed E-state index contributed by atoms with van der Waals surface area (Å²) in [5, 5.41) is 6.27. The van der Waals surface area contributed by atoms with Gasteiger partial charge in [0.25, 0.3) is 0 Å². The standard InChI is InChI=1S/C20H20Cl2N2O/c21-14-5-7-15(8-6-14)25-12-2-11-24-18-4-1-3-17(22)20(18)16-9-10-23-13-19(16)24/h1,3-8,23H,2,9-13H2. The monoisotopic (exact) mass is 374 g/mol. The van der Waals surface area contributed by atoms with E-state index in [1.54, 1.807) is 0 Å². The maximum atomic E-state index is 6.49. The van der Waals surface area contributed by atoms with Crippen molar-refractivity contribution in [2.75, 3.05) is 13.2 Å². The Kier molecular flexibility index (Phi) is 4.89. The molecule has 2 heterocycles. The Labute approximate surface area is 157 Å². The van der Waals surface area contributed by atoms with Gasteiger partial charge >= 0.3 is 0 Å². The average Bonchev–Trinajstić information content (AvgIpc) is 2.95. The molecule has 0 unspecified atom stereocenters. The lowest BCUT2D eigenvalue weighted by molar-refractivity contribution is 0.301. The van der Waals surface area contributed by atoms with E-state index in [-0.39, 0.29) is 0 Å². The van der Waals surface area contributed by atoms with Gasteiger partial charge in [-0.1, -0.05) is 29.3 Å². The first-order chi connectivity index (χ1) is 12.2. The number of aryl methyl sites for hydroxylation is 1. The summed E-state index contributed by atoms with van der Waals surface area (Å²) in [5.41, 5.74) is 3.99. The van der Waals surface area contributed by atoms with Crippen LogP contribution in [0.4, 0.5) is 0 Å². The third-order valence-corrected chi connectivity index (χ3v) is 5.28. The van der Waals surface area contributed by atoms with E-state index >= 15 is 0 Å². The molecule has 0 saturated heterocycles. The van der Waals surface area contributed by atoms with Gasteiger partial charge in [0.1, 0.15) is 5.75 Å². The van der Waals surface area contributed by atoms with Crippen LogP contribution in [0.25, 0.3) is 10.9 Å². The van der Waals surface area contributed by atoms with Crippen LogP contribution in [0.15, 0.2) is 42.5 Å². The predicted octanol–water partition coefficient (Wildman–Crippen LogP) is 5.06. The number of ether oxygens (including phenoxy) is 1. The molecule has 0 bridgehead atoms. The van der Waals surface area contributed by atoms with Gasteiger partial charge in [0, 0.05) is 29.2 Å². The zero-order valence-electron chi connectivity index (χ0n) is 13.9. The van der Waals surface area contributed by atoms with Crippen LogP contribution < -0.4 is 10.1 Å². The summed E-state index contributed by atoms with van der Waals surface area (Å²) in [6.07, 6.45) is 1.97. The minimum absolute atomic E-state index is 0.671. The van der Waals surface area contributed by atoms with E-state index in [1.165, 1.54) is 22.2 Å². The summed E-state index contributed by atoms with van der Waals surface area (Å²) in [4.78, 5) is 0. The van der Waals surface area contributed by atoms with Gasteiger partial charge in [-0.25, -0.2) is 0 Å². The molecule has 4 rings (SSSR count). The normalized spacial score (nSPS) is 13.8. The number of hydrogen-bond donors (Lipinski definition) is 1. The van der Waals surface area contributed by atoms with Gasteiger partial charge < -0.3 is 14.6 Å². The molecule has 0 aliphatic carbocycles. The zero-order chi connectivity index (χ0) is 17.2. The number of nitrogens with zero attached hydrogens (tertiary/aromatic N) is 1. The SMILES string of the molecule is Clc1ccc(OCCCn2c3c(c4c(Cl)cccc42)CCNC3)cc1. The minimum Gasteiger partial charge on any atom is -0.494 e. The highest BCUT2D eigenvalue weighted by atomic mass is 35.5. The van der Waals surface area contributed by atoms with Gasteiger partial charge in [-0.2, -0.15) is 0 Å². The molecule has 0 amide bonds. The topological polar surface area (TPSA) is 26.2 Å². The molecule has 0 spiro atoms. The first kappa shape index (κ1) is 16.8. The van der Waals surface area contributed by atoms with Crippen LogP contribution in [-0.2, 0) is 19.5 Å². The zero-order valence-corrected chi connectivity index (χ0v) is 15.4. The lowest BCUT2D eigenvalue weighted by Crippen LogP contribution is -2.25. The Morgan fingerprint density at radius 1 is 1.08 bits per heavy atom. The summed E-state index contributed by atoms with van der Waals surface area (Å²) >= 11 is 12.4. The fourth-order valence-corrected chi connectivity index (χ4v) is 3.99. The summed E-state index contributed by atoms with van der Waals surface area (Å²) in [7, 11) is 0. The predicted molar refractivity (Wildman–Crippen MR) is 104 cm³/mol. The van der Waals surface area contributed by atoms with Crippen LogP contribution in [0.5, 0.6) is 5.75 Å². The molecule has 1 aliphatic heterocycles. The van der Waals surface area contributed by atoms with Crippen LogP contribution >= 0.6 is 23.2 Å². The maximum absolute atomic E-state index is 6.49. The van der Waals surface area contributed by atoms with Gasteiger partial charge in [0.2, 0.25) is 0 Å². The Morgan fingerprint density at radius 3 is 2.76 bits per heavy atom. The smallest absolute Gasteiger partial charge is 0.119 e. The lowest BCUT2D eigenvalue weighted by Gasteiger charge is -2.17. The minimum atomic E-state index is 0.671. The third-order valence-electron chi connectivity index (χ3n) is 4.71. The van der Waals surface area contributed by atoms with Crippen molar-refractivity contribution in [2.24, 2.45) is 0 Å². The molecule has 1 N–H and O–H groups in total. The second-order valence-corrected chi connectivity index (χ2v) is 7.14. The van der Waals surface area contributed by atoms with E-state index in [9.17, 15) is 0 Å². The fraction of sp³-hybridized carbons (Fsp3) is 0.300. The van der Waals surface area contributed by atoms with Crippen molar-refractivity contribution >= 4 is 34.1 Å². The maximum Gasteiger partial charge on any atom is 0.119 e. The lowest BCUT2D eigenvalue weighted by atomic mass is 10.0. The van der Waals surface area contributed by atoms with Crippen LogP contribution in [0, 0.1) is 0 Å². The molecule has 0 fully saturated rings. The number of aromatic nitrogens is 1. The second-order valence-electron chi connectivity index (χ2n) is 6.29. The van der Waals surface area contributed by atoms with Crippen molar-refractivity contribution in [3.05, 3.63) is 63.8 Å². The molecular formula is C20H20Cl2N2O. The van der Waals surface area contributed by atoms with Crippen LogP contribution in [-0.4, -0.2) is 17.7 Å². The molecule has 2 aromatic carbocycles. The first-order valence-electron chi connectivity index (χ1n) is 8.61. The van der Waals surface area contributed by atoms with Crippen molar-refractivity contribution in [1.29, 1.82) is 0 Å². The Balaban J connectivity index is 1.51. The van der Waals surface area contributed by atoms with Crippen molar-refractivity contribution in [3.63, 3.8) is 0 Å². The quantitative estimate of drug-likeness (QED) is 0.631. The second kappa shape index (κ2) is 7.28. The number of rotatable bonds is 5. The van der Waals surface area contributed by atoms with Gasteiger partial charge in [-0.3, -0.25) is 0 Å². The first-order valence-corrected chi connectivity index (χ1v) is 9.37. The van der Waals surface area contributed by atoms with Crippen molar-refractivity contribution in [3.8, 4) is 5.75 Å². The largest absolute Gasteiger partial charge is 0.494 e. The van der Waals surface area contributed by atoms with Crippen molar-refractivity contribution in [1.82, 2.24) is 9.88 Å². The van der Waals surface area contributed by atoms with Gasteiger partial charge in [-0.15, -0.1) is 0 Å². The molecule has 0 radical (unpaired) electrons. The third kappa shape index (κ3) is 3.37. The van der Waals surface area contributed by atoms with Crippen molar-refractivity contribution < 1.29 is 4.74 Å². The van der Waals surface area contributed by atoms with Crippen LogP contribution in [0.1, 0.15) is 17.7 Å². The van der Waals surface area contributed by atoms with E-state index in [1.807, 2.05) is 36.4 Å². The molecular weight excluding hydrogens is 355 g/mol. The molecule has 1 aliphatic rings. The Bertz CT molecular complexity index is 887. The van der Waals surface area contributed by atoms with E-state index in [0.717, 1.165) is 48.3 Å². The summed E-state index contributed by atoms with van der Waals surface area (Å²) in [5.74, 6) is 0.855. The fourth-order valence-electron chi connectivity index (χ4n) is 3.58. The van der Waals surface area contributed by atoms with E-state index in [4.69, 9.17) is 27.9 Å². The summed E-state index contributed by atoms with van der Waals surface area (Å²) in [6.45, 7) is 3.50. The van der Waals surface area contributed by atoms with E-state index in [0.29, 0.717) is 6.61 Å². The molecule has 5 heteroatoms. The average molecular weight is 375 g/mol. The van der Waals surface area contributed by atoms with E-state index < -0.39 is 0 Å². The number of hydrogen-bond acceptors (Lipinski definition) is 2. The molecule has 0 saturated carbocycles. The Morgan fingerprint density at radius 2 is 1.92 bits per heavy atom. The molecule has 25 heavy (non-hydrogen) atoms. The molecule has 3 nitrogen and oxygen atoms in total. The number of nitrogens with one attached hydrogen (secondary N) is 1. The summed E-state index contributed by atoms with van der Waals surface area (Å²) < 4.78 is 8.22. The highest BCUT2D eigenvalue weighted by Crippen LogP contribution is 2.34. The highest BCUT2D eigenvalue weighted by molar-refractivity contribution is 6.35. The molecule has 130 valence electrons. The summed E-state index contributed by atoms with van der Waals surface area (Å²) in [6, 6.07) is 13.7. The van der Waals surface area contributed by atoms with Gasteiger partial charge in [-0.05, 0) is 61.3 Å². The number of fused-ring (bicyclic) bond motifs is 3. The highest BCUT2D eigenvalue weighted by Gasteiger charge is 2.20.